The topological polar surface area (TPSA) is 9.23 Å². The second-order valence-electron chi connectivity index (χ2n) is 2.21. The van der Waals surface area contributed by atoms with Crippen LogP contribution in [0.15, 0.2) is 12.1 Å². The van der Waals surface area contributed by atoms with Crippen LogP contribution in [0.3, 0.4) is 0 Å². The molecule has 0 heterocycles. The Hall–Kier alpha value is 0.480. The quantitative estimate of drug-likeness (QED) is 0.687. The van der Waals surface area contributed by atoms with Gasteiger partial charge in [-0.15, -0.1) is 0 Å². The molecular weight excluding hydrogens is 366 g/mol. The zero-order valence-electron chi connectivity index (χ0n) is 6.32. The van der Waals surface area contributed by atoms with E-state index in [1.807, 2.05) is 6.07 Å². The summed E-state index contributed by atoms with van der Waals surface area (Å²) in [7, 11) is 1.70. The lowest BCUT2D eigenvalue weighted by Gasteiger charge is -2.06. The van der Waals surface area contributed by atoms with E-state index in [4.69, 9.17) is 4.74 Å². The second-order valence-corrected chi connectivity index (χ2v) is 4.62. The van der Waals surface area contributed by atoms with Gasteiger partial charge in [-0.1, -0.05) is 0 Å². The van der Waals surface area contributed by atoms with Crippen LogP contribution in [0, 0.1) is 14.1 Å². The summed E-state index contributed by atoms with van der Waals surface area (Å²) in [5, 5.41) is 0. The zero-order chi connectivity index (χ0) is 8.43. The minimum atomic E-state index is 0.973. The molecule has 3 heteroatoms. The lowest BCUT2D eigenvalue weighted by molar-refractivity contribution is 0.411. The minimum absolute atomic E-state index is 0.973. The van der Waals surface area contributed by atoms with E-state index in [9.17, 15) is 0 Å². The molecule has 1 nitrogen and oxygen atoms in total. The number of benzene rings is 1. The van der Waals surface area contributed by atoms with Crippen LogP contribution in [-0.2, 0) is 0 Å². The first kappa shape index (κ1) is 9.57. The van der Waals surface area contributed by atoms with Gasteiger partial charge in [-0.05, 0) is 64.2 Å². The fourth-order valence-corrected chi connectivity index (χ4v) is 2.63. The van der Waals surface area contributed by atoms with Crippen molar-refractivity contribution in [1.82, 2.24) is 0 Å². The molecule has 1 aromatic rings. The van der Waals surface area contributed by atoms with Crippen molar-refractivity contribution in [3.05, 3.63) is 24.8 Å². The van der Waals surface area contributed by atoms with Gasteiger partial charge in [-0.25, -0.2) is 0 Å². The van der Waals surface area contributed by atoms with Gasteiger partial charge in [0, 0.05) is 12.7 Å². The maximum atomic E-state index is 5.20. The van der Waals surface area contributed by atoms with E-state index >= 15 is 0 Å². The summed E-state index contributed by atoms with van der Waals surface area (Å²) < 4.78 is 7.67. The Balaban J connectivity index is 3.24. The Labute approximate surface area is 93.8 Å². The van der Waals surface area contributed by atoms with Crippen molar-refractivity contribution < 1.29 is 4.74 Å². The van der Waals surface area contributed by atoms with Crippen molar-refractivity contribution in [2.45, 2.75) is 6.92 Å². The molecule has 0 atom stereocenters. The zero-order valence-corrected chi connectivity index (χ0v) is 10.6. The first-order valence-corrected chi connectivity index (χ1v) is 5.30. The van der Waals surface area contributed by atoms with Crippen LogP contribution in [0.2, 0.25) is 0 Å². The smallest absolute Gasteiger partial charge is 0.123 e. The third kappa shape index (κ3) is 2.21. The maximum Gasteiger partial charge on any atom is 0.123 e. The van der Waals surface area contributed by atoms with Gasteiger partial charge in [0.25, 0.3) is 0 Å². The lowest BCUT2D eigenvalue weighted by Crippen LogP contribution is -1.90. The highest BCUT2D eigenvalue weighted by atomic mass is 127. The van der Waals surface area contributed by atoms with Gasteiger partial charge in [0.2, 0.25) is 0 Å². The molecule has 0 N–H and O–H groups in total. The number of rotatable bonds is 1. The lowest BCUT2D eigenvalue weighted by atomic mass is 10.2. The van der Waals surface area contributed by atoms with Crippen LogP contribution in [-0.4, -0.2) is 7.11 Å². The predicted molar refractivity (Wildman–Crippen MR) is 63.2 cm³/mol. The molecular formula is C8H8I2O. The van der Waals surface area contributed by atoms with E-state index in [2.05, 4.69) is 58.2 Å². The van der Waals surface area contributed by atoms with Crippen molar-refractivity contribution in [3.8, 4) is 5.75 Å². The molecule has 0 fully saturated rings. The highest BCUT2D eigenvalue weighted by molar-refractivity contribution is 14.1. The van der Waals surface area contributed by atoms with Gasteiger partial charge < -0.3 is 4.74 Å². The molecule has 0 aliphatic heterocycles. The monoisotopic (exact) mass is 374 g/mol. The number of hydrogen-bond acceptors (Lipinski definition) is 1. The van der Waals surface area contributed by atoms with E-state index in [0.29, 0.717) is 0 Å². The summed E-state index contributed by atoms with van der Waals surface area (Å²) in [6, 6.07) is 4.18. The molecule has 0 spiro atoms. The summed E-state index contributed by atoms with van der Waals surface area (Å²) in [6.07, 6.45) is 0. The summed E-state index contributed by atoms with van der Waals surface area (Å²) >= 11 is 4.60. The summed E-state index contributed by atoms with van der Waals surface area (Å²) in [5.74, 6) is 0.973. The van der Waals surface area contributed by atoms with Crippen LogP contribution in [0.25, 0.3) is 0 Å². The standard InChI is InChI=1S/C8H8I2O/c1-5-7(10)3-6(9)4-8(5)11-2/h3-4H,1-2H3. The second kappa shape index (κ2) is 3.93. The van der Waals surface area contributed by atoms with Crippen molar-refractivity contribution >= 4 is 45.2 Å². The number of hydrogen-bond donors (Lipinski definition) is 0. The van der Waals surface area contributed by atoms with Gasteiger partial charge in [0.15, 0.2) is 0 Å². The van der Waals surface area contributed by atoms with Gasteiger partial charge in [-0.3, -0.25) is 0 Å². The summed E-state index contributed by atoms with van der Waals surface area (Å²) in [5.41, 5.74) is 1.22. The third-order valence-electron chi connectivity index (χ3n) is 1.48. The number of halogens is 2. The molecule has 0 amide bonds. The van der Waals surface area contributed by atoms with Gasteiger partial charge in [0.1, 0.15) is 5.75 Å². The fourth-order valence-electron chi connectivity index (χ4n) is 0.834. The van der Waals surface area contributed by atoms with Crippen molar-refractivity contribution in [2.75, 3.05) is 7.11 Å². The van der Waals surface area contributed by atoms with Crippen molar-refractivity contribution in [1.29, 1.82) is 0 Å². The molecule has 0 bridgehead atoms. The molecule has 0 saturated heterocycles. The van der Waals surface area contributed by atoms with Crippen LogP contribution in [0.4, 0.5) is 0 Å². The van der Waals surface area contributed by atoms with Gasteiger partial charge >= 0.3 is 0 Å². The number of ether oxygens (including phenoxy) is 1. The molecule has 0 aliphatic rings. The highest BCUT2D eigenvalue weighted by Gasteiger charge is 2.02. The van der Waals surface area contributed by atoms with Gasteiger partial charge in [0.05, 0.1) is 7.11 Å². The van der Waals surface area contributed by atoms with Crippen LogP contribution < -0.4 is 4.74 Å². The van der Waals surface area contributed by atoms with Gasteiger partial charge in [-0.2, -0.15) is 0 Å². The van der Waals surface area contributed by atoms with Crippen molar-refractivity contribution in [2.24, 2.45) is 0 Å². The maximum absolute atomic E-state index is 5.20. The number of methoxy groups -OCH3 is 1. The Kier molecular flexibility index (Phi) is 3.42. The van der Waals surface area contributed by atoms with E-state index < -0.39 is 0 Å². The largest absolute Gasteiger partial charge is 0.496 e. The molecule has 0 unspecified atom stereocenters. The molecule has 11 heavy (non-hydrogen) atoms. The average Bonchev–Trinajstić information content (AvgIpc) is 1.96. The molecule has 60 valence electrons. The van der Waals surface area contributed by atoms with Crippen LogP contribution in [0.1, 0.15) is 5.56 Å². The SMILES string of the molecule is COc1cc(I)cc(I)c1C. The molecule has 0 aromatic heterocycles. The predicted octanol–water partition coefficient (Wildman–Crippen LogP) is 3.21. The highest BCUT2D eigenvalue weighted by Crippen LogP contribution is 2.25. The van der Waals surface area contributed by atoms with Crippen molar-refractivity contribution in [3.63, 3.8) is 0 Å². The molecule has 0 radical (unpaired) electrons. The molecule has 0 aliphatic carbocycles. The Morgan fingerprint density at radius 2 is 1.91 bits per heavy atom. The van der Waals surface area contributed by atoms with E-state index in [-0.39, 0.29) is 0 Å². The third-order valence-corrected chi connectivity index (χ3v) is 3.22. The minimum Gasteiger partial charge on any atom is -0.496 e. The average molecular weight is 374 g/mol. The van der Waals surface area contributed by atoms with Crippen LogP contribution in [0.5, 0.6) is 5.75 Å². The van der Waals surface area contributed by atoms with E-state index in [0.717, 1.165) is 5.75 Å². The summed E-state index contributed by atoms with van der Waals surface area (Å²) in [6.45, 7) is 2.07. The van der Waals surface area contributed by atoms with E-state index in [1.54, 1.807) is 7.11 Å². The first-order chi connectivity index (χ1) is 5.15. The molecule has 0 saturated carbocycles. The molecule has 1 rings (SSSR count). The first-order valence-electron chi connectivity index (χ1n) is 3.15. The van der Waals surface area contributed by atoms with E-state index in [1.165, 1.54) is 12.7 Å². The Morgan fingerprint density at radius 1 is 1.27 bits per heavy atom. The van der Waals surface area contributed by atoms with Crippen LogP contribution >= 0.6 is 45.2 Å². The normalized spacial score (nSPS) is 9.82. The Morgan fingerprint density at radius 3 is 2.45 bits per heavy atom. The summed E-state index contributed by atoms with van der Waals surface area (Å²) in [4.78, 5) is 0. The fraction of sp³-hybridized carbons (Fsp3) is 0.250. The Bertz CT molecular complexity index is 271. The molecule has 1 aromatic carbocycles.